The molecular formula is C14H22N2O2. The van der Waals surface area contributed by atoms with Gasteiger partial charge in [0.25, 0.3) is 0 Å². The molecular weight excluding hydrogens is 228 g/mol. The Morgan fingerprint density at radius 1 is 1.44 bits per heavy atom. The molecule has 0 aromatic carbocycles. The van der Waals surface area contributed by atoms with Gasteiger partial charge in [-0.3, -0.25) is 0 Å². The quantitative estimate of drug-likeness (QED) is 0.835. The Labute approximate surface area is 109 Å². The van der Waals surface area contributed by atoms with Gasteiger partial charge in [0, 0.05) is 6.20 Å². The summed E-state index contributed by atoms with van der Waals surface area (Å²) in [5.41, 5.74) is 1.25. The molecule has 0 bridgehead atoms. The minimum absolute atomic E-state index is 0.0816. The second-order valence-corrected chi connectivity index (χ2v) is 5.30. The zero-order valence-electron chi connectivity index (χ0n) is 11.8. The second-order valence-electron chi connectivity index (χ2n) is 5.30. The molecule has 1 heterocycles. The normalized spacial score (nSPS) is 12.9. The topological polar surface area (TPSA) is 51.2 Å². The predicted octanol–water partition coefficient (Wildman–Crippen LogP) is 2.74. The van der Waals surface area contributed by atoms with Crippen molar-refractivity contribution in [2.45, 2.75) is 46.1 Å². The summed E-state index contributed by atoms with van der Waals surface area (Å²) < 4.78 is 4.92. The summed E-state index contributed by atoms with van der Waals surface area (Å²) in [6.45, 7) is 10.4. The minimum atomic E-state index is -0.391. The number of rotatable bonds is 4. The summed E-state index contributed by atoms with van der Waals surface area (Å²) in [5.74, 6) is 0.419. The molecule has 18 heavy (non-hydrogen) atoms. The van der Waals surface area contributed by atoms with Crippen LogP contribution in [0.4, 0.5) is 5.82 Å². The van der Waals surface area contributed by atoms with Crippen LogP contribution < -0.4 is 5.32 Å². The monoisotopic (exact) mass is 250 g/mol. The van der Waals surface area contributed by atoms with E-state index in [0.717, 1.165) is 5.56 Å². The van der Waals surface area contributed by atoms with Crippen LogP contribution >= 0.6 is 0 Å². The zero-order valence-corrected chi connectivity index (χ0v) is 11.8. The van der Waals surface area contributed by atoms with Crippen molar-refractivity contribution in [2.24, 2.45) is 0 Å². The van der Waals surface area contributed by atoms with Crippen molar-refractivity contribution in [3.63, 3.8) is 0 Å². The summed E-state index contributed by atoms with van der Waals surface area (Å²) in [7, 11) is 0. The molecule has 0 spiro atoms. The number of anilines is 1. The van der Waals surface area contributed by atoms with E-state index >= 15 is 0 Å². The smallest absolute Gasteiger partial charge is 0.328 e. The molecule has 0 saturated carbocycles. The summed E-state index contributed by atoms with van der Waals surface area (Å²) >= 11 is 0. The molecule has 1 aromatic rings. The highest BCUT2D eigenvalue weighted by Crippen LogP contribution is 2.22. The fourth-order valence-electron chi connectivity index (χ4n) is 1.47. The Kier molecular flexibility index (Phi) is 4.70. The lowest BCUT2D eigenvalue weighted by Gasteiger charge is -2.19. The van der Waals surface area contributed by atoms with Crippen LogP contribution in [0, 0.1) is 0 Å². The van der Waals surface area contributed by atoms with Gasteiger partial charge in [-0.1, -0.05) is 26.8 Å². The van der Waals surface area contributed by atoms with Gasteiger partial charge >= 0.3 is 5.97 Å². The average molecular weight is 250 g/mol. The van der Waals surface area contributed by atoms with E-state index in [2.05, 4.69) is 31.1 Å². The van der Waals surface area contributed by atoms with Gasteiger partial charge in [0.1, 0.15) is 11.9 Å². The van der Waals surface area contributed by atoms with Crippen molar-refractivity contribution in [3.05, 3.63) is 23.9 Å². The Balaban J connectivity index is 2.67. The Morgan fingerprint density at radius 3 is 2.56 bits per heavy atom. The van der Waals surface area contributed by atoms with Crippen LogP contribution in [0.15, 0.2) is 18.3 Å². The molecule has 1 unspecified atom stereocenters. The van der Waals surface area contributed by atoms with Gasteiger partial charge in [0.15, 0.2) is 0 Å². The highest BCUT2D eigenvalue weighted by molar-refractivity contribution is 5.78. The van der Waals surface area contributed by atoms with Gasteiger partial charge in [0.2, 0.25) is 0 Å². The Morgan fingerprint density at radius 2 is 2.11 bits per heavy atom. The van der Waals surface area contributed by atoms with Crippen LogP contribution in [0.25, 0.3) is 0 Å². The van der Waals surface area contributed by atoms with E-state index in [1.807, 2.05) is 18.3 Å². The third-order valence-corrected chi connectivity index (χ3v) is 2.63. The number of esters is 1. The molecule has 0 aliphatic rings. The van der Waals surface area contributed by atoms with Crippen LogP contribution in [-0.4, -0.2) is 23.6 Å². The van der Waals surface area contributed by atoms with E-state index in [1.54, 1.807) is 13.8 Å². The molecule has 0 aliphatic heterocycles. The van der Waals surface area contributed by atoms with E-state index in [1.165, 1.54) is 0 Å². The molecule has 4 nitrogen and oxygen atoms in total. The zero-order chi connectivity index (χ0) is 13.8. The number of nitrogens with zero attached hydrogens (tertiary/aromatic N) is 1. The maximum atomic E-state index is 11.5. The number of carbonyl (C=O) groups is 1. The van der Waals surface area contributed by atoms with Gasteiger partial charge in [-0.15, -0.1) is 0 Å². The van der Waals surface area contributed by atoms with Crippen molar-refractivity contribution in [3.8, 4) is 0 Å². The fourth-order valence-corrected chi connectivity index (χ4v) is 1.47. The SMILES string of the molecule is CCOC(=O)C(C)Nc1ccc(C(C)(C)C)cn1. The van der Waals surface area contributed by atoms with Crippen LogP contribution in [0.2, 0.25) is 0 Å². The van der Waals surface area contributed by atoms with Gasteiger partial charge in [-0.2, -0.15) is 0 Å². The number of pyridine rings is 1. The first-order valence-electron chi connectivity index (χ1n) is 6.24. The first-order chi connectivity index (χ1) is 8.34. The Bertz CT molecular complexity index is 393. The lowest BCUT2D eigenvalue weighted by atomic mass is 9.88. The van der Waals surface area contributed by atoms with Crippen LogP contribution in [-0.2, 0) is 14.9 Å². The van der Waals surface area contributed by atoms with Crippen LogP contribution in [0.3, 0.4) is 0 Å². The predicted molar refractivity (Wildman–Crippen MR) is 72.7 cm³/mol. The van der Waals surface area contributed by atoms with Gasteiger partial charge < -0.3 is 10.1 Å². The minimum Gasteiger partial charge on any atom is -0.464 e. The lowest BCUT2D eigenvalue weighted by molar-refractivity contribution is -0.143. The molecule has 1 rings (SSSR count). The molecule has 0 saturated heterocycles. The molecule has 0 aliphatic carbocycles. The van der Waals surface area contributed by atoms with Gasteiger partial charge in [0.05, 0.1) is 6.61 Å². The summed E-state index contributed by atoms with van der Waals surface area (Å²) in [5, 5.41) is 3.02. The van der Waals surface area contributed by atoms with E-state index in [4.69, 9.17) is 4.74 Å². The van der Waals surface area contributed by atoms with E-state index in [0.29, 0.717) is 12.4 Å². The third-order valence-electron chi connectivity index (χ3n) is 2.63. The summed E-state index contributed by atoms with van der Waals surface area (Å²) in [6.07, 6.45) is 1.83. The molecule has 0 radical (unpaired) electrons. The van der Waals surface area contributed by atoms with Crippen molar-refractivity contribution in [1.82, 2.24) is 4.98 Å². The van der Waals surface area contributed by atoms with E-state index < -0.39 is 6.04 Å². The van der Waals surface area contributed by atoms with Crippen molar-refractivity contribution in [2.75, 3.05) is 11.9 Å². The molecule has 1 atom stereocenters. The maximum absolute atomic E-state index is 11.5. The second kappa shape index (κ2) is 5.85. The number of aromatic nitrogens is 1. The largest absolute Gasteiger partial charge is 0.464 e. The average Bonchev–Trinajstić information content (AvgIpc) is 2.28. The highest BCUT2D eigenvalue weighted by Gasteiger charge is 2.16. The van der Waals surface area contributed by atoms with Gasteiger partial charge in [-0.05, 0) is 30.9 Å². The number of nitrogens with one attached hydrogen (secondary N) is 1. The van der Waals surface area contributed by atoms with E-state index in [9.17, 15) is 4.79 Å². The summed E-state index contributed by atoms with van der Waals surface area (Å²) in [4.78, 5) is 15.8. The molecule has 0 amide bonds. The third kappa shape index (κ3) is 4.02. The van der Waals surface area contributed by atoms with Gasteiger partial charge in [-0.25, -0.2) is 9.78 Å². The van der Waals surface area contributed by atoms with Crippen LogP contribution in [0.1, 0.15) is 40.2 Å². The highest BCUT2D eigenvalue weighted by atomic mass is 16.5. The standard InChI is InChI=1S/C14H22N2O2/c1-6-18-13(17)10(2)16-12-8-7-11(9-15-12)14(3,4)5/h7-10H,6H2,1-5H3,(H,15,16). The van der Waals surface area contributed by atoms with E-state index in [-0.39, 0.29) is 11.4 Å². The molecule has 100 valence electrons. The van der Waals surface area contributed by atoms with Crippen molar-refractivity contribution in [1.29, 1.82) is 0 Å². The lowest BCUT2D eigenvalue weighted by Crippen LogP contribution is -2.28. The Hall–Kier alpha value is -1.58. The first kappa shape index (κ1) is 14.5. The van der Waals surface area contributed by atoms with Crippen molar-refractivity contribution < 1.29 is 9.53 Å². The molecule has 1 aromatic heterocycles. The van der Waals surface area contributed by atoms with Crippen molar-refractivity contribution >= 4 is 11.8 Å². The molecule has 1 N–H and O–H groups in total. The molecule has 4 heteroatoms. The number of hydrogen-bond acceptors (Lipinski definition) is 4. The maximum Gasteiger partial charge on any atom is 0.328 e. The fraction of sp³-hybridized carbons (Fsp3) is 0.571. The summed E-state index contributed by atoms with van der Waals surface area (Å²) in [6, 6.07) is 3.52. The number of hydrogen-bond donors (Lipinski definition) is 1. The number of ether oxygens (including phenoxy) is 1. The first-order valence-corrected chi connectivity index (χ1v) is 6.24. The number of carbonyl (C=O) groups excluding carboxylic acids is 1. The molecule has 0 fully saturated rings. The van der Waals surface area contributed by atoms with Crippen LogP contribution in [0.5, 0.6) is 0 Å².